The Hall–Kier alpha value is -3.58. The summed E-state index contributed by atoms with van der Waals surface area (Å²) in [5, 5.41) is 31.6. The van der Waals surface area contributed by atoms with E-state index in [0.29, 0.717) is 19.3 Å². The molecule has 468 valence electrons. The molecule has 1 aliphatic rings. The molecule has 0 aromatic heterocycles. The molecule has 0 saturated carbocycles. The molecule has 0 spiro atoms. The van der Waals surface area contributed by atoms with E-state index < -0.39 is 67.3 Å². The molecule has 12 heteroatoms. The third kappa shape index (κ3) is 46.5. The third-order valence-electron chi connectivity index (χ3n) is 15.1. The van der Waals surface area contributed by atoms with Gasteiger partial charge in [-0.15, -0.1) is 0 Å². The molecule has 1 heterocycles. The van der Waals surface area contributed by atoms with Gasteiger partial charge < -0.3 is 39.0 Å². The van der Waals surface area contributed by atoms with E-state index in [2.05, 4.69) is 81.5 Å². The van der Waals surface area contributed by atoms with Gasteiger partial charge in [-0.3, -0.25) is 14.4 Å². The summed E-state index contributed by atoms with van der Waals surface area (Å²) in [7, 11) is 0. The SMILES string of the molecule is CC/C=C\C/C=C\C/C=C\C/C=C\CCCCCCC(=O)OCC(COC1OC(C(=O)O)C(O)C(O)C1OC(=O)CCCCCCCCC/C=C\CCCCCCCC)OC(=O)CCCCCCCCCCCCCCCCCCC. The number of hydrogen-bond acceptors (Lipinski definition) is 11. The van der Waals surface area contributed by atoms with Crippen LogP contribution in [-0.2, 0) is 42.9 Å². The van der Waals surface area contributed by atoms with E-state index in [0.717, 1.165) is 103 Å². The lowest BCUT2D eigenvalue weighted by molar-refractivity contribution is -0.301. The molecule has 1 aliphatic heterocycles. The van der Waals surface area contributed by atoms with Crippen LogP contribution < -0.4 is 0 Å². The maximum Gasteiger partial charge on any atom is 0.335 e. The summed E-state index contributed by atoms with van der Waals surface area (Å²) in [6.45, 7) is 5.90. The Morgan fingerprint density at radius 3 is 1.20 bits per heavy atom. The molecule has 6 atom stereocenters. The van der Waals surface area contributed by atoms with Crippen molar-refractivity contribution in [1.82, 2.24) is 0 Å². The smallest absolute Gasteiger partial charge is 0.335 e. The molecule has 0 radical (unpaired) electrons. The van der Waals surface area contributed by atoms with Crippen LogP contribution in [-0.4, -0.2) is 89.2 Å². The van der Waals surface area contributed by atoms with Gasteiger partial charge in [-0.25, -0.2) is 4.79 Å². The number of aliphatic hydroxyl groups is 2. The molecular weight excluding hydrogens is 1020 g/mol. The number of ether oxygens (including phenoxy) is 5. The molecule has 0 amide bonds. The van der Waals surface area contributed by atoms with Crippen molar-refractivity contribution in [2.24, 2.45) is 0 Å². The monoisotopic (exact) mass is 1140 g/mol. The van der Waals surface area contributed by atoms with Gasteiger partial charge in [0.1, 0.15) is 18.8 Å². The number of unbranched alkanes of at least 4 members (excludes halogenated alkanes) is 33. The van der Waals surface area contributed by atoms with Crippen LogP contribution in [0.25, 0.3) is 0 Å². The van der Waals surface area contributed by atoms with Crippen molar-refractivity contribution in [3.05, 3.63) is 60.8 Å². The van der Waals surface area contributed by atoms with E-state index in [1.54, 1.807) is 0 Å². The van der Waals surface area contributed by atoms with Gasteiger partial charge in [-0.2, -0.15) is 0 Å². The number of carbonyl (C=O) groups excluding carboxylic acids is 3. The Kier molecular flexibility index (Phi) is 53.0. The first-order chi connectivity index (χ1) is 39.6. The van der Waals surface area contributed by atoms with Crippen LogP contribution in [0.2, 0.25) is 0 Å². The molecular formula is C69H120O12. The van der Waals surface area contributed by atoms with Crippen LogP contribution in [0.3, 0.4) is 0 Å². The van der Waals surface area contributed by atoms with E-state index >= 15 is 0 Å². The largest absolute Gasteiger partial charge is 0.479 e. The zero-order chi connectivity index (χ0) is 58.9. The number of carboxylic acid groups (broad SMARTS) is 1. The average Bonchev–Trinajstić information content (AvgIpc) is 3.53. The molecule has 0 aromatic rings. The van der Waals surface area contributed by atoms with Gasteiger partial charge in [0.2, 0.25) is 0 Å². The van der Waals surface area contributed by atoms with Crippen LogP contribution in [0.5, 0.6) is 0 Å². The highest BCUT2D eigenvalue weighted by atomic mass is 16.7. The Balaban J connectivity index is 2.66. The summed E-state index contributed by atoms with van der Waals surface area (Å²) >= 11 is 0. The van der Waals surface area contributed by atoms with Crippen molar-refractivity contribution >= 4 is 23.9 Å². The summed E-state index contributed by atoms with van der Waals surface area (Å²) in [4.78, 5) is 51.4. The topological polar surface area (TPSA) is 175 Å². The minimum absolute atomic E-state index is 0.0542. The molecule has 0 aliphatic carbocycles. The maximum absolute atomic E-state index is 13.2. The summed E-state index contributed by atoms with van der Waals surface area (Å²) < 4.78 is 28.5. The Morgan fingerprint density at radius 2 is 0.778 bits per heavy atom. The Morgan fingerprint density at radius 1 is 0.420 bits per heavy atom. The summed E-state index contributed by atoms with van der Waals surface area (Å²) in [5.41, 5.74) is 0. The predicted octanol–water partition coefficient (Wildman–Crippen LogP) is 17.9. The molecule has 12 nitrogen and oxygen atoms in total. The molecule has 81 heavy (non-hydrogen) atoms. The van der Waals surface area contributed by atoms with Gasteiger partial charge in [0.05, 0.1) is 6.61 Å². The van der Waals surface area contributed by atoms with E-state index in [1.165, 1.54) is 141 Å². The quantitative estimate of drug-likeness (QED) is 0.0228. The fraction of sp³-hybridized carbons (Fsp3) is 0.797. The lowest BCUT2D eigenvalue weighted by Gasteiger charge is -2.40. The summed E-state index contributed by atoms with van der Waals surface area (Å²) in [6.07, 6.45) is 58.9. The maximum atomic E-state index is 13.2. The van der Waals surface area contributed by atoms with Crippen molar-refractivity contribution < 1.29 is 58.2 Å². The number of carboxylic acids is 1. The van der Waals surface area contributed by atoms with E-state index in [9.17, 15) is 34.5 Å². The van der Waals surface area contributed by atoms with Crippen LogP contribution in [0.1, 0.15) is 303 Å². The molecule has 0 bridgehead atoms. The number of aliphatic carboxylic acids is 1. The first-order valence-corrected chi connectivity index (χ1v) is 33.3. The lowest BCUT2D eigenvalue weighted by atomic mass is 9.98. The minimum atomic E-state index is -1.91. The first-order valence-electron chi connectivity index (χ1n) is 33.3. The molecule has 3 N–H and O–H groups in total. The van der Waals surface area contributed by atoms with Crippen LogP contribution >= 0.6 is 0 Å². The Bertz CT molecular complexity index is 1640. The summed E-state index contributed by atoms with van der Waals surface area (Å²) in [6, 6.07) is 0. The minimum Gasteiger partial charge on any atom is -0.479 e. The number of allylic oxidation sites excluding steroid dienone is 10. The standard InChI is InChI=1S/C69H120O12/c1-4-7-10-13-16-19-22-25-28-31-34-37-40-43-46-49-52-55-61(70)77-58-60(79-62(71)56-53-50-47-44-41-38-35-32-29-26-23-20-17-14-11-8-5-2)59-78-69-67(65(74)64(73)66(81-69)68(75)76)80-63(72)57-54-51-48-45-42-39-36-33-30-27-24-21-18-15-12-9-6-3/h7,10,16,19,25,27-28,30,34,37,60,64-67,69,73-74H,4-6,8-9,11-15,17-18,20-24,26,29,31-33,35-36,38-59H2,1-3H3,(H,75,76)/b10-7-,19-16-,28-25-,30-27-,37-34-. The fourth-order valence-corrected chi connectivity index (χ4v) is 10.0. The second kappa shape index (κ2) is 56.9. The van der Waals surface area contributed by atoms with Crippen LogP contribution in [0.4, 0.5) is 0 Å². The second-order valence-electron chi connectivity index (χ2n) is 22.7. The van der Waals surface area contributed by atoms with Gasteiger partial charge in [0.25, 0.3) is 0 Å². The zero-order valence-corrected chi connectivity index (χ0v) is 51.8. The van der Waals surface area contributed by atoms with Crippen molar-refractivity contribution in [1.29, 1.82) is 0 Å². The van der Waals surface area contributed by atoms with Crippen LogP contribution in [0, 0.1) is 0 Å². The highest BCUT2D eigenvalue weighted by molar-refractivity contribution is 5.74. The van der Waals surface area contributed by atoms with E-state index in [-0.39, 0.29) is 25.9 Å². The lowest BCUT2D eigenvalue weighted by Crippen LogP contribution is -2.61. The normalized spacial score (nSPS) is 18.1. The number of hydrogen-bond donors (Lipinski definition) is 3. The zero-order valence-electron chi connectivity index (χ0n) is 51.8. The van der Waals surface area contributed by atoms with Crippen molar-refractivity contribution in [3.8, 4) is 0 Å². The van der Waals surface area contributed by atoms with Crippen molar-refractivity contribution in [2.75, 3.05) is 13.2 Å². The number of carbonyl (C=O) groups is 4. The van der Waals surface area contributed by atoms with Gasteiger partial charge in [0.15, 0.2) is 24.6 Å². The summed E-state index contributed by atoms with van der Waals surface area (Å²) in [5.74, 6) is -3.13. The van der Waals surface area contributed by atoms with Crippen LogP contribution in [0.15, 0.2) is 60.8 Å². The van der Waals surface area contributed by atoms with E-state index in [4.69, 9.17) is 23.7 Å². The number of rotatable bonds is 57. The highest BCUT2D eigenvalue weighted by Crippen LogP contribution is 2.27. The molecule has 1 fully saturated rings. The molecule has 0 aromatic carbocycles. The number of aliphatic hydroxyl groups excluding tert-OH is 2. The Labute approximate surface area is 494 Å². The number of esters is 3. The predicted molar refractivity (Wildman–Crippen MR) is 331 cm³/mol. The van der Waals surface area contributed by atoms with Crippen molar-refractivity contribution in [2.45, 2.75) is 340 Å². The second-order valence-corrected chi connectivity index (χ2v) is 22.7. The van der Waals surface area contributed by atoms with Gasteiger partial charge in [-0.05, 0) is 83.5 Å². The molecule has 1 saturated heterocycles. The third-order valence-corrected chi connectivity index (χ3v) is 15.1. The molecule has 6 unspecified atom stereocenters. The van der Waals surface area contributed by atoms with Gasteiger partial charge in [0, 0.05) is 19.3 Å². The van der Waals surface area contributed by atoms with Gasteiger partial charge in [-0.1, -0.05) is 261 Å². The molecule has 1 rings (SSSR count). The average molecular weight is 1140 g/mol. The van der Waals surface area contributed by atoms with Gasteiger partial charge >= 0.3 is 23.9 Å². The van der Waals surface area contributed by atoms with Crippen molar-refractivity contribution in [3.63, 3.8) is 0 Å². The fourth-order valence-electron chi connectivity index (χ4n) is 10.0. The first kappa shape index (κ1) is 75.4. The van der Waals surface area contributed by atoms with E-state index in [1.807, 2.05) is 0 Å². The highest BCUT2D eigenvalue weighted by Gasteiger charge is 2.50.